The maximum atomic E-state index is 13.7. The zero-order chi connectivity index (χ0) is 16.4. The van der Waals surface area contributed by atoms with E-state index in [0.717, 1.165) is 5.56 Å². The molecule has 0 heterocycles. The molecule has 0 unspecified atom stereocenters. The molecule has 3 aromatic carbocycles. The van der Waals surface area contributed by atoms with Crippen molar-refractivity contribution in [3.8, 4) is 22.3 Å². The minimum Gasteiger partial charge on any atom is -0.166 e. The van der Waals surface area contributed by atoms with Crippen LogP contribution in [0.4, 0.5) is 13.2 Å². The maximum absolute atomic E-state index is 13.7. The van der Waals surface area contributed by atoms with Crippen molar-refractivity contribution in [1.29, 1.82) is 0 Å². The summed E-state index contributed by atoms with van der Waals surface area (Å²) in [6.07, 6.45) is -4.41. The Kier molecular flexibility index (Phi) is 4.43. The van der Waals surface area contributed by atoms with Gasteiger partial charge in [-0.15, -0.1) is 0 Å². The monoisotopic (exact) mass is 424 g/mol. The zero-order valence-corrected chi connectivity index (χ0v) is 14.1. The van der Waals surface area contributed by atoms with Gasteiger partial charge in [-0.25, -0.2) is 0 Å². The molecule has 0 nitrogen and oxygen atoms in total. The highest BCUT2D eigenvalue weighted by atomic mass is 127. The first-order chi connectivity index (χ1) is 11.0. The molecule has 0 saturated carbocycles. The summed E-state index contributed by atoms with van der Waals surface area (Å²) in [5.41, 5.74) is 1.58. The first-order valence-corrected chi connectivity index (χ1v) is 8.07. The van der Waals surface area contributed by atoms with Crippen LogP contribution < -0.4 is 0 Å². The number of hydrogen-bond acceptors (Lipinski definition) is 0. The van der Waals surface area contributed by atoms with Crippen LogP contribution in [-0.2, 0) is 6.18 Å². The Hall–Kier alpha value is -1.82. The second kappa shape index (κ2) is 6.35. The molecule has 116 valence electrons. The van der Waals surface area contributed by atoms with Gasteiger partial charge < -0.3 is 0 Å². The van der Waals surface area contributed by atoms with Crippen molar-refractivity contribution in [2.45, 2.75) is 6.18 Å². The molecule has 23 heavy (non-hydrogen) atoms. The maximum Gasteiger partial charge on any atom is 0.418 e. The zero-order valence-electron chi connectivity index (χ0n) is 11.9. The van der Waals surface area contributed by atoms with E-state index in [1.165, 1.54) is 6.07 Å². The predicted molar refractivity (Wildman–Crippen MR) is 95.0 cm³/mol. The van der Waals surface area contributed by atoms with Crippen LogP contribution in [0.3, 0.4) is 0 Å². The lowest BCUT2D eigenvalue weighted by Gasteiger charge is -2.19. The van der Waals surface area contributed by atoms with Crippen molar-refractivity contribution in [2.75, 3.05) is 0 Å². The van der Waals surface area contributed by atoms with Gasteiger partial charge in [0.2, 0.25) is 0 Å². The van der Waals surface area contributed by atoms with Crippen LogP contribution in [0, 0.1) is 3.57 Å². The molecule has 0 aliphatic heterocycles. The van der Waals surface area contributed by atoms with Crippen LogP contribution in [0.1, 0.15) is 5.56 Å². The molecule has 3 aromatic rings. The second-order valence-electron chi connectivity index (χ2n) is 5.07. The van der Waals surface area contributed by atoms with E-state index in [1.807, 2.05) is 30.3 Å². The van der Waals surface area contributed by atoms with Crippen LogP contribution in [0.2, 0.25) is 0 Å². The van der Waals surface area contributed by atoms with Gasteiger partial charge in [-0.05, 0) is 45.3 Å². The summed E-state index contributed by atoms with van der Waals surface area (Å²) in [6, 6.07) is 21.2. The Morgan fingerprint density at radius 1 is 0.652 bits per heavy atom. The molecular formula is C19H12F3I. The molecule has 0 spiro atoms. The Labute approximate surface area is 146 Å². The van der Waals surface area contributed by atoms with Gasteiger partial charge in [-0.2, -0.15) is 13.2 Å². The van der Waals surface area contributed by atoms with Gasteiger partial charge in [-0.1, -0.05) is 66.7 Å². The van der Waals surface area contributed by atoms with Crippen molar-refractivity contribution in [1.82, 2.24) is 0 Å². The minimum absolute atomic E-state index is 0.202. The lowest BCUT2D eigenvalue weighted by atomic mass is 9.90. The van der Waals surface area contributed by atoms with Crippen LogP contribution in [0.5, 0.6) is 0 Å². The van der Waals surface area contributed by atoms with Gasteiger partial charge in [-0.3, -0.25) is 0 Å². The molecule has 0 amide bonds. The molecule has 0 aliphatic rings. The molecule has 0 saturated heterocycles. The van der Waals surface area contributed by atoms with E-state index >= 15 is 0 Å². The molecule has 0 fully saturated rings. The highest BCUT2D eigenvalue weighted by Crippen LogP contribution is 2.44. The van der Waals surface area contributed by atoms with Crippen LogP contribution in [0.25, 0.3) is 22.3 Å². The summed E-state index contributed by atoms with van der Waals surface area (Å²) >= 11 is 1.75. The van der Waals surface area contributed by atoms with Crippen LogP contribution in [0.15, 0.2) is 72.8 Å². The topological polar surface area (TPSA) is 0 Å². The smallest absolute Gasteiger partial charge is 0.166 e. The highest BCUT2D eigenvalue weighted by molar-refractivity contribution is 14.1. The molecule has 0 atom stereocenters. The summed E-state index contributed by atoms with van der Waals surface area (Å²) < 4.78 is 41.3. The van der Waals surface area contributed by atoms with Gasteiger partial charge in [0.1, 0.15) is 0 Å². The number of hydrogen-bond donors (Lipinski definition) is 0. The summed E-state index contributed by atoms with van der Waals surface area (Å²) in [7, 11) is 0. The molecular weight excluding hydrogens is 412 g/mol. The van der Waals surface area contributed by atoms with Gasteiger partial charge in [0.25, 0.3) is 0 Å². The first kappa shape index (κ1) is 16.1. The van der Waals surface area contributed by atoms with E-state index in [1.54, 1.807) is 59.0 Å². The Morgan fingerprint density at radius 2 is 1.17 bits per heavy atom. The summed E-state index contributed by atoms with van der Waals surface area (Å²) in [6.45, 7) is 0. The summed E-state index contributed by atoms with van der Waals surface area (Å²) in [4.78, 5) is 0. The SMILES string of the molecule is FC(F)(F)c1c(I)ccc(-c2ccccc2)c1-c1ccccc1. The fourth-order valence-corrected chi connectivity index (χ4v) is 3.37. The van der Waals surface area contributed by atoms with Gasteiger partial charge in [0.05, 0.1) is 5.56 Å². The summed E-state index contributed by atoms with van der Waals surface area (Å²) in [5.74, 6) is 0. The molecule has 0 bridgehead atoms. The molecule has 4 heteroatoms. The Morgan fingerprint density at radius 3 is 1.70 bits per heavy atom. The van der Waals surface area contributed by atoms with E-state index in [2.05, 4.69) is 0 Å². The largest absolute Gasteiger partial charge is 0.418 e. The van der Waals surface area contributed by atoms with E-state index in [9.17, 15) is 13.2 Å². The van der Waals surface area contributed by atoms with Crippen LogP contribution >= 0.6 is 22.6 Å². The third-order valence-corrected chi connectivity index (χ3v) is 4.48. The standard InChI is InChI=1S/C19H12F3I/c20-19(21,22)18-16(23)12-11-15(13-7-3-1-4-8-13)17(18)14-9-5-2-6-10-14/h1-12H. The van der Waals surface area contributed by atoms with Gasteiger partial charge in [0, 0.05) is 9.13 Å². The fraction of sp³-hybridized carbons (Fsp3) is 0.0526. The summed E-state index contributed by atoms with van der Waals surface area (Å²) in [5, 5.41) is 0. The van der Waals surface area contributed by atoms with Crippen molar-refractivity contribution in [3.63, 3.8) is 0 Å². The Bertz CT molecular complexity index is 809. The molecule has 0 aromatic heterocycles. The third-order valence-electron chi connectivity index (χ3n) is 3.59. The predicted octanol–water partition coefficient (Wildman–Crippen LogP) is 6.64. The number of halogens is 4. The van der Waals surface area contributed by atoms with Crippen molar-refractivity contribution >= 4 is 22.6 Å². The molecule has 0 aliphatic carbocycles. The van der Waals surface area contributed by atoms with Crippen molar-refractivity contribution in [2.24, 2.45) is 0 Å². The van der Waals surface area contributed by atoms with Crippen LogP contribution in [-0.4, -0.2) is 0 Å². The lowest BCUT2D eigenvalue weighted by molar-refractivity contribution is -0.137. The third kappa shape index (κ3) is 3.27. The van der Waals surface area contributed by atoms with Crippen molar-refractivity contribution in [3.05, 3.63) is 81.9 Å². The van der Waals surface area contributed by atoms with Gasteiger partial charge >= 0.3 is 6.18 Å². The highest BCUT2D eigenvalue weighted by Gasteiger charge is 2.37. The molecule has 0 radical (unpaired) electrons. The fourth-order valence-electron chi connectivity index (χ4n) is 2.62. The number of rotatable bonds is 2. The number of benzene rings is 3. The lowest BCUT2D eigenvalue weighted by Crippen LogP contribution is -2.11. The Balaban J connectivity index is 2.38. The van der Waals surface area contributed by atoms with E-state index in [4.69, 9.17) is 0 Å². The van der Waals surface area contributed by atoms with Crippen molar-refractivity contribution < 1.29 is 13.2 Å². The average Bonchev–Trinajstić information content (AvgIpc) is 2.55. The molecule has 0 N–H and O–H groups in total. The number of alkyl halides is 3. The van der Waals surface area contributed by atoms with Gasteiger partial charge in [0.15, 0.2) is 0 Å². The first-order valence-electron chi connectivity index (χ1n) is 6.99. The minimum atomic E-state index is -4.41. The molecule has 3 rings (SSSR count). The van der Waals surface area contributed by atoms with E-state index in [0.29, 0.717) is 11.1 Å². The van der Waals surface area contributed by atoms with E-state index in [-0.39, 0.29) is 9.13 Å². The average molecular weight is 424 g/mol. The normalized spacial score (nSPS) is 11.5. The van der Waals surface area contributed by atoms with E-state index < -0.39 is 11.7 Å². The quantitative estimate of drug-likeness (QED) is 0.405. The second-order valence-corrected chi connectivity index (χ2v) is 6.24.